The van der Waals surface area contributed by atoms with Crippen molar-refractivity contribution < 1.29 is 4.74 Å². The van der Waals surface area contributed by atoms with Crippen molar-refractivity contribution in [3.63, 3.8) is 0 Å². The fraction of sp³-hybridized carbons (Fsp3) is 0.167. The first-order chi connectivity index (χ1) is 7.31. The van der Waals surface area contributed by atoms with E-state index in [1.807, 2.05) is 19.1 Å². The van der Waals surface area contributed by atoms with Gasteiger partial charge in [-0.3, -0.25) is 9.97 Å². The van der Waals surface area contributed by atoms with Crippen LogP contribution in [0.25, 0.3) is 10.9 Å². The molecule has 0 N–H and O–H groups in total. The standard InChI is InChI=1S/C12H10N2O/c1-3-6-15-11-7-10-4-5-13-9(2)12(10)14-8-11/h1,4-5,7-8H,6H2,2H3. The predicted molar refractivity (Wildman–Crippen MR) is 58.6 cm³/mol. The van der Waals surface area contributed by atoms with E-state index in [4.69, 9.17) is 11.2 Å². The molecule has 2 aromatic heterocycles. The Kier molecular flexibility index (Phi) is 2.51. The minimum Gasteiger partial charge on any atom is -0.479 e. The Morgan fingerprint density at radius 3 is 3.13 bits per heavy atom. The van der Waals surface area contributed by atoms with E-state index < -0.39 is 0 Å². The molecule has 3 heteroatoms. The molecule has 74 valence electrons. The zero-order valence-electron chi connectivity index (χ0n) is 8.40. The first kappa shape index (κ1) is 9.47. The summed E-state index contributed by atoms with van der Waals surface area (Å²) in [6.45, 7) is 2.19. The second kappa shape index (κ2) is 3.97. The van der Waals surface area contributed by atoms with Crippen molar-refractivity contribution >= 4 is 10.9 Å². The monoisotopic (exact) mass is 198 g/mol. The number of pyridine rings is 2. The minimum absolute atomic E-state index is 0.261. The van der Waals surface area contributed by atoms with E-state index in [0.29, 0.717) is 5.75 Å². The second-order valence-electron chi connectivity index (χ2n) is 3.13. The van der Waals surface area contributed by atoms with Crippen LogP contribution in [0, 0.1) is 19.3 Å². The van der Waals surface area contributed by atoms with Gasteiger partial charge < -0.3 is 4.74 Å². The maximum Gasteiger partial charge on any atom is 0.148 e. The lowest BCUT2D eigenvalue weighted by atomic mass is 10.2. The molecule has 0 radical (unpaired) electrons. The SMILES string of the molecule is C#CCOc1cnc2c(C)nccc2c1. The molecule has 2 aromatic rings. The number of rotatable bonds is 2. The van der Waals surface area contributed by atoms with Crippen molar-refractivity contribution in [3.05, 3.63) is 30.2 Å². The maximum atomic E-state index is 5.28. The number of hydrogen-bond acceptors (Lipinski definition) is 3. The third-order valence-corrected chi connectivity index (χ3v) is 2.08. The summed E-state index contributed by atoms with van der Waals surface area (Å²) in [5.74, 6) is 3.10. The molecule has 0 bridgehead atoms. The van der Waals surface area contributed by atoms with Crippen LogP contribution in [0.2, 0.25) is 0 Å². The number of aryl methyl sites for hydroxylation is 1. The van der Waals surface area contributed by atoms with Crippen LogP contribution >= 0.6 is 0 Å². The fourth-order valence-corrected chi connectivity index (χ4v) is 1.39. The van der Waals surface area contributed by atoms with E-state index in [9.17, 15) is 0 Å². The Labute approximate surface area is 88.1 Å². The first-order valence-corrected chi connectivity index (χ1v) is 4.59. The molecular formula is C12H10N2O. The van der Waals surface area contributed by atoms with Crippen LogP contribution in [0.5, 0.6) is 5.75 Å². The molecule has 3 nitrogen and oxygen atoms in total. The smallest absolute Gasteiger partial charge is 0.148 e. The molecule has 0 spiro atoms. The van der Waals surface area contributed by atoms with E-state index in [2.05, 4.69) is 15.9 Å². The van der Waals surface area contributed by atoms with Crippen LogP contribution in [0.4, 0.5) is 0 Å². The van der Waals surface area contributed by atoms with Gasteiger partial charge in [0.2, 0.25) is 0 Å². The third kappa shape index (κ3) is 1.89. The lowest BCUT2D eigenvalue weighted by Gasteiger charge is -2.04. The first-order valence-electron chi connectivity index (χ1n) is 4.59. The van der Waals surface area contributed by atoms with Gasteiger partial charge in [0, 0.05) is 11.6 Å². The average molecular weight is 198 g/mol. The average Bonchev–Trinajstić information content (AvgIpc) is 2.26. The van der Waals surface area contributed by atoms with Crippen LogP contribution in [0.3, 0.4) is 0 Å². The maximum absolute atomic E-state index is 5.28. The molecule has 15 heavy (non-hydrogen) atoms. The Balaban J connectivity index is 2.44. The summed E-state index contributed by atoms with van der Waals surface area (Å²) in [6, 6.07) is 3.81. The normalized spacial score (nSPS) is 9.87. The van der Waals surface area contributed by atoms with E-state index in [0.717, 1.165) is 16.6 Å². The highest BCUT2D eigenvalue weighted by molar-refractivity contribution is 5.81. The van der Waals surface area contributed by atoms with Crippen molar-refractivity contribution in [2.45, 2.75) is 6.92 Å². The number of fused-ring (bicyclic) bond motifs is 1. The summed E-state index contributed by atoms with van der Waals surface area (Å²) in [7, 11) is 0. The topological polar surface area (TPSA) is 35.0 Å². The summed E-state index contributed by atoms with van der Waals surface area (Å²) < 4.78 is 5.28. The Hall–Kier alpha value is -2.08. The zero-order chi connectivity index (χ0) is 10.7. The zero-order valence-corrected chi connectivity index (χ0v) is 8.40. The van der Waals surface area contributed by atoms with Gasteiger partial charge in [0.25, 0.3) is 0 Å². The van der Waals surface area contributed by atoms with Crippen molar-refractivity contribution in [2.24, 2.45) is 0 Å². The molecule has 0 aliphatic heterocycles. The minimum atomic E-state index is 0.261. The van der Waals surface area contributed by atoms with Crippen LogP contribution in [-0.4, -0.2) is 16.6 Å². The lowest BCUT2D eigenvalue weighted by molar-refractivity contribution is 0.369. The van der Waals surface area contributed by atoms with Crippen LogP contribution in [0.1, 0.15) is 5.69 Å². The van der Waals surface area contributed by atoms with E-state index >= 15 is 0 Å². The molecular weight excluding hydrogens is 188 g/mol. The van der Waals surface area contributed by atoms with Gasteiger partial charge in [-0.2, -0.15) is 0 Å². The number of aromatic nitrogens is 2. The molecule has 0 saturated carbocycles. The molecule has 0 aliphatic rings. The van der Waals surface area contributed by atoms with Crippen molar-refractivity contribution in [2.75, 3.05) is 6.61 Å². The van der Waals surface area contributed by atoms with Gasteiger partial charge in [0.05, 0.1) is 17.4 Å². The Morgan fingerprint density at radius 1 is 1.47 bits per heavy atom. The van der Waals surface area contributed by atoms with Gasteiger partial charge in [-0.1, -0.05) is 5.92 Å². The molecule has 2 heterocycles. The number of nitrogens with zero attached hydrogens (tertiary/aromatic N) is 2. The molecule has 0 saturated heterocycles. The van der Waals surface area contributed by atoms with E-state index in [1.165, 1.54) is 0 Å². The molecule has 0 aliphatic carbocycles. The van der Waals surface area contributed by atoms with Crippen LogP contribution in [-0.2, 0) is 0 Å². The highest BCUT2D eigenvalue weighted by atomic mass is 16.5. The van der Waals surface area contributed by atoms with Crippen LogP contribution < -0.4 is 4.74 Å². The van der Waals surface area contributed by atoms with Gasteiger partial charge >= 0.3 is 0 Å². The van der Waals surface area contributed by atoms with E-state index in [1.54, 1.807) is 12.4 Å². The van der Waals surface area contributed by atoms with Gasteiger partial charge in [0.15, 0.2) is 0 Å². The summed E-state index contributed by atoms with van der Waals surface area (Å²) in [4.78, 5) is 8.44. The molecule has 0 aromatic carbocycles. The molecule has 0 atom stereocenters. The van der Waals surface area contributed by atoms with Crippen LogP contribution in [0.15, 0.2) is 24.5 Å². The Morgan fingerprint density at radius 2 is 2.33 bits per heavy atom. The van der Waals surface area contributed by atoms with Crippen molar-refractivity contribution in [3.8, 4) is 18.1 Å². The summed E-state index contributed by atoms with van der Waals surface area (Å²) in [6.07, 6.45) is 8.52. The third-order valence-electron chi connectivity index (χ3n) is 2.08. The van der Waals surface area contributed by atoms with Gasteiger partial charge in [-0.05, 0) is 19.1 Å². The second-order valence-corrected chi connectivity index (χ2v) is 3.13. The highest BCUT2D eigenvalue weighted by Gasteiger charge is 2.01. The van der Waals surface area contributed by atoms with Gasteiger partial charge in [-0.25, -0.2) is 0 Å². The largest absolute Gasteiger partial charge is 0.479 e. The molecule has 0 unspecified atom stereocenters. The summed E-state index contributed by atoms with van der Waals surface area (Å²) >= 11 is 0. The molecule has 2 rings (SSSR count). The number of terminal acetylenes is 1. The van der Waals surface area contributed by atoms with Crippen molar-refractivity contribution in [1.82, 2.24) is 9.97 Å². The lowest BCUT2D eigenvalue weighted by Crippen LogP contribution is -1.95. The highest BCUT2D eigenvalue weighted by Crippen LogP contribution is 2.19. The predicted octanol–water partition coefficient (Wildman–Crippen LogP) is 1.95. The quantitative estimate of drug-likeness (QED) is 0.692. The van der Waals surface area contributed by atoms with Crippen molar-refractivity contribution in [1.29, 1.82) is 0 Å². The fourth-order valence-electron chi connectivity index (χ4n) is 1.39. The molecule has 0 fully saturated rings. The number of hydrogen-bond donors (Lipinski definition) is 0. The summed E-state index contributed by atoms with van der Waals surface area (Å²) in [5.41, 5.74) is 1.81. The van der Waals surface area contributed by atoms with Gasteiger partial charge in [-0.15, -0.1) is 6.42 Å². The van der Waals surface area contributed by atoms with E-state index in [-0.39, 0.29) is 6.61 Å². The summed E-state index contributed by atoms with van der Waals surface area (Å²) in [5, 5.41) is 1.01. The van der Waals surface area contributed by atoms with Gasteiger partial charge in [0.1, 0.15) is 12.4 Å². The number of ether oxygens (including phenoxy) is 1. The molecule has 0 amide bonds. The Bertz CT molecular complexity index is 529.